The lowest BCUT2D eigenvalue weighted by atomic mass is 10.3. The van der Waals surface area contributed by atoms with E-state index in [1.54, 1.807) is 24.1 Å². The monoisotopic (exact) mass is 413 g/mol. The van der Waals surface area contributed by atoms with Gasteiger partial charge in [0.1, 0.15) is 9.04 Å². The molecule has 4 rings (SSSR count). The van der Waals surface area contributed by atoms with Crippen LogP contribution in [-0.2, 0) is 23.6 Å². The summed E-state index contributed by atoms with van der Waals surface area (Å²) < 4.78 is 30.8. The molecule has 1 saturated carbocycles. The van der Waals surface area contributed by atoms with Crippen LogP contribution in [0.15, 0.2) is 27.5 Å². The normalized spacial score (nSPS) is 16.3. The highest BCUT2D eigenvalue weighted by Crippen LogP contribution is 2.37. The average molecular weight is 414 g/mol. The molecule has 0 unspecified atom stereocenters. The van der Waals surface area contributed by atoms with E-state index < -0.39 is 10.0 Å². The highest BCUT2D eigenvalue weighted by molar-refractivity contribution is 7.91. The van der Waals surface area contributed by atoms with E-state index in [0.717, 1.165) is 29.7 Å². The predicted octanol–water partition coefficient (Wildman–Crippen LogP) is 1.72. The fourth-order valence-corrected chi connectivity index (χ4v) is 5.69. The summed E-state index contributed by atoms with van der Waals surface area (Å²) in [6.45, 7) is 2.07. The Bertz CT molecular complexity index is 1170. The van der Waals surface area contributed by atoms with Gasteiger partial charge < -0.3 is 0 Å². The number of aryl methyl sites for hydroxylation is 1. The number of thiophene rings is 1. The highest BCUT2D eigenvalue weighted by Gasteiger charge is 2.41. The third-order valence-corrected chi connectivity index (χ3v) is 7.76. The van der Waals surface area contributed by atoms with E-state index >= 15 is 0 Å². The maximum atomic E-state index is 12.8. The molecular weight excluding hydrogens is 398 g/mol. The van der Waals surface area contributed by atoms with Gasteiger partial charge in [-0.1, -0.05) is 0 Å². The Morgan fingerprint density at radius 3 is 2.77 bits per heavy atom. The fraction of sp³-hybridized carbons (Fsp3) is 0.400. The Balaban J connectivity index is 1.76. The molecule has 1 fully saturated rings. The van der Waals surface area contributed by atoms with E-state index in [4.69, 9.17) is 11.6 Å². The van der Waals surface area contributed by atoms with Gasteiger partial charge in [0, 0.05) is 24.3 Å². The summed E-state index contributed by atoms with van der Waals surface area (Å²) in [4.78, 5) is 17.3. The van der Waals surface area contributed by atoms with Gasteiger partial charge in [-0.3, -0.25) is 14.0 Å². The Hall–Kier alpha value is -1.75. The third-order valence-electron chi connectivity index (χ3n) is 4.33. The number of hydrogen-bond acceptors (Lipinski definition) is 6. The summed E-state index contributed by atoms with van der Waals surface area (Å²) in [7, 11) is -1.91. The molecule has 1 N–H and O–H groups in total. The molecule has 0 saturated heterocycles. The third kappa shape index (κ3) is 3.18. The van der Waals surface area contributed by atoms with Gasteiger partial charge in [0.05, 0.1) is 18.1 Å². The molecule has 3 aromatic heterocycles. The molecule has 0 radical (unpaired) electrons. The molecule has 26 heavy (non-hydrogen) atoms. The average Bonchev–Trinajstić information content (AvgIpc) is 2.96. The van der Waals surface area contributed by atoms with E-state index in [0.29, 0.717) is 4.83 Å². The molecule has 0 aromatic carbocycles. The number of fused-ring (bicyclic) bond motifs is 1. The number of aromatic nitrogens is 4. The number of hydrogen-bond donors (Lipinski definition) is 1. The zero-order chi connectivity index (χ0) is 18.7. The molecule has 11 heteroatoms. The molecule has 0 aliphatic heterocycles. The van der Waals surface area contributed by atoms with Crippen LogP contribution in [0, 0.1) is 0 Å². The number of nitrogens with zero attached hydrogens (tertiary/aromatic N) is 4. The molecule has 1 aliphatic carbocycles. The molecule has 3 heterocycles. The number of halogens is 1. The van der Waals surface area contributed by atoms with E-state index in [1.165, 1.54) is 10.6 Å². The maximum absolute atomic E-state index is 12.8. The molecule has 8 nitrogen and oxygen atoms in total. The van der Waals surface area contributed by atoms with Gasteiger partial charge >= 0.3 is 0 Å². The van der Waals surface area contributed by atoms with Crippen molar-refractivity contribution >= 4 is 43.2 Å². The lowest BCUT2D eigenvalue weighted by Gasteiger charge is -2.09. The van der Waals surface area contributed by atoms with Crippen LogP contribution in [0.2, 0.25) is 5.28 Å². The second-order valence-corrected chi connectivity index (χ2v) is 10.0. The molecule has 3 aromatic rings. The molecule has 1 aliphatic rings. The molecule has 0 amide bonds. The largest absolute Gasteiger partial charge is 0.278 e. The summed E-state index contributed by atoms with van der Waals surface area (Å²) in [6, 6.07) is 1.37. The summed E-state index contributed by atoms with van der Waals surface area (Å²) in [5.74, 6) is 0. The molecular formula is C15H16ClN5O3S2. The summed E-state index contributed by atoms with van der Waals surface area (Å²) in [5.41, 5.74) is 0.0314. The Morgan fingerprint density at radius 2 is 2.15 bits per heavy atom. The van der Waals surface area contributed by atoms with E-state index in [1.807, 2.05) is 6.92 Å². The minimum Gasteiger partial charge on any atom is -0.278 e. The first-order chi connectivity index (χ1) is 12.2. The highest BCUT2D eigenvalue weighted by atomic mass is 35.5. The first-order valence-corrected chi connectivity index (χ1v) is 10.6. The van der Waals surface area contributed by atoms with Crippen molar-refractivity contribution in [2.24, 2.45) is 7.05 Å². The van der Waals surface area contributed by atoms with Gasteiger partial charge in [0.25, 0.3) is 15.6 Å². The van der Waals surface area contributed by atoms with Gasteiger partial charge in [-0.15, -0.1) is 11.3 Å². The Kier molecular flexibility index (Phi) is 3.99. The van der Waals surface area contributed by atoms with Crippen LogP contribution in [0.3, 0.4) is 0 Å². The van der Waals surface area contributed by atoms with Crippen LogP contribution in [0.4, 0.5) is 0 Å². The van der Waals surface area contributed by atoms with Crippen molar-refractivity contribution in [3.63, 3.8) is 0 Å². The lowest BCUT2D eigenvalue weighted by Crippen LogP contribution is -2.33. The van der Waals surface area contributed by atoms with Crippen LogP contribution in [0.5, 0.6) is 0 Å². The number of rotatable bonds is 5. The van der Waals surface area contributed by atoms with Crippen molar-refractivity contribution in [3.8, 4) is 0 Å². The first-order valence-electron chi connectivity index (χ1n) is 7.88. The van der Waals surface area contributed by atoms with Gasteiger partial charge in [-0.2, -0.15) is 5.10 Å². The van der Waals surface area contributed by atoms with Gasteiger partial charge in [0.2, 0.25) is 5.28 Å². The van der Waals surface area contributed by atoms with Crippen molar-refractivity contribution in [1.29, 1.82) is 0 Å². The maximum Gasteiger partial charge on any atom is 0.263 e. The molecule has 0 atom stereocenters. The zero-order valence-electron chi connectivity index (χ0n) is 14.1. The van der Waals surface area contributed by atoms with Crippen molar-refractivity contribution in [2.45, 2.75) is 36.1 Å². The van der Waals surface area contributed by atoms with E-state index in [-0.39, 0.29) is 32.5 Å². The van der Waals surface area contributed by atoms with Gasteiger partial charge in [-0.05, 0) is 37.4 Å². The summed E-state index contributed by atoms with van der Waals surface area (Å²) in [6.07, 6.45) is 5.02. The Labute approximate surface area is 158 Å². The zero-order valence-corrected chi connectivity index (χ0v) is 16.5. The van der Waals surface area contributed by atoms with Crippen LogP contribution in [-0.4, -0.2) is 33.3 Å². The molecule has 0 spiro atoms. The Morgan fingerprint density at radius 1 is 1.42 bits per heavy atom. The minimum atomic E-state index is -3.69. The van der Waals surface area contributed by atoms with Crippen LogP contribution >= 0.6 is 22.9 Å². The van der Waals surface area contributed by atoms with Crippen LogP contribution in [0.25, 0.3) is 10.2 Å². The quantitative estimate of drug-likeness (QED) is 0.642. The van der Waals surface area contributed by atoms with Crippen LogP contribution in [0.1, 0.15) is 25.3 Å². The van der Waals surface area contributed by atoms with E-state index in [2.05, 4.69) is 14.8 Å². The summed E-state index contributed by atoms with van der Waals surface area (Å²) in [5, 5.41) is 4.32. The van der Waals surface area contributed by atoms with Crippen molar-refractivity contribution < 1.29 is 8.42 Å². The lowest BCUT2D eigenvalue weighted by molar-refractivity contribution is 0.560. The van der Waals surface area contributed by atoms with Crippen molar-refractivity contribution in [3.05, 3.63) is 39.7 Å². The van der Waals surface area contributed by atoms with Gasteiger partial charge in [0.15, 0.2) is 0 Å². The van der Waals surface area contributed by atoms with E-state index in [9.17, 15) is 13.2 Å². The predicted molar refractivity (Wildman–Crippen MR) is 99.2 cm³/mol. The smallest absolute Gasteiger partial charge is 0.263 e. The first kappa shape index (κ1) is 17.7. The molecule has 138 valence electrons. The molecule has 0 bridgehead atoms. The standard InChI is InChI=1S/C15H16ClN5O3S2/c1-15(3-4-15)19-26(23,24)11-5-10-12(25-11)18-14(16)21(13(10)22)8-9-6-17-20(2)7-9/h5-7,19H,3-4,8H2,1-2H3. The second-order valence-electron chi connectivity index (χ2n) is 6.74. The van der Waals surface area contributed by atoms with Crippen LogP contribution < -0.4 is 10.3 Å². The second kappa shape index (κ2) is 5.88. The number of sulfonamides is 1. The topological polar surface area (TPSA) is 98.9 Å². The fourth-order valence-electron chi connectivity index (χ4n) is 2.64. The minimum absolute atomic E-state index is 0.0132. The van der Waals surface area contributed by atoms with Crippen molar-refractivity contribution in [1.82, 2.24) is 24.1 Å². The summed E-state index contributed by atoms with van der Waals surface area (Å²) >= 11 is 7.12. The van der Waals surface area contributed by atoms with Gasteiger partial charge in [-0.25, -0.2) is 18.1 Å². The van der Waals surface area contributed by atoms with Crippen molar-refractivity contribution in [2.75, 3.05) is 0 Å². The number of nitrogens with one attached hydrogen (secondary N) is 1. The SMILES string of the molecule is Cn1cc(Cn2c(Cl)nc3sc(S(=O)(=O)NC4(C)CC4)cc3c2=O)cn1.